The van der Waals surface area contributed by atoms with Crippen LogP contribution in [-0.2, 0) is 20.7 Å². The number of ketones is 1. The average Bonchev–Trinajstić information content (AvgIpc) is 2.71. The van der Waals surface area contributed by atoms with Gasteiger partial charge in [0.15, 0.2) is 0 Å². The number of ether oxygens (including phenoxy) is 2. The van der Waals surface area contributed by atoms with Crippen LogP contribution in [0.2, 0.25) is 0 Å². The molecule has 1 aliphatic heterocycles. The lowest BCUT2D eigenvalue weighted by molar-refractivity contribution is -0.138. The first kappa shape index (κ1) is 20.0. The van der Waals surface area contributed by atoms with E-state index in [1.807, 2.05) is 24.3 Å². The normalized spacial score (nSPS) is 18.9. The van der Waals surface area contributed by atoms with Gasteiger partial charge >= 0.3 is 0 Å². The molecule has 5 nitrogen and oxygen atoms in total. The maximum atomic E-state index is 13.5. The van der Waals surface area contributed by atoms with Crippen LogP contribution < -0.4 is 10.1 Å². The largest absolute Gasteiger partial charge is 0.497 e. The highest BCUT2D eigenvalue weighted by molar-refractivity contribution is 5.84. The highest BCUT2D eigenvalue weighted by atomic mass is 19.1. The van der Waals surface area contributed by atoms with Gasteiger partial charge in [-0.2, -0.15) is 0 Å². The summed E-state index contributed by atoms with van der Waals surface area (Å²) in [4.78, 5) is 23.9. The summed E-state index contributed by atoms with van der Waals surface area (Å²) in [6, 6.07) is 13.6. The van der Waals surface area contributed by atoms with Crippen LogP contribution in [0.25, 0.3) is 0 Å². The Labute approximate surface area is 163 Å². The van der Waals surface area contributed by atoms with Crippen molar-refractivity contribution in [1.82, 2.24) is 5.32 Å². The Hall–Kier alpha value is -2.73. The van der Waals surface area contributed by atoms with Gasteiger partial charge in [0, 0.05) is 18.3 Å². The number of Topliss-reactive ketones (excluding diaryl/α,β-unsaturated/α-hetero) is 1. The minimum atomic E-state index is -0.539. The van der Waals surface area contributed by atoms with Gasteiger partial charge in [0.1, 0.15) is 23.5 Å². The second-order valence-electron chi connectivity index (χ2n) is 6.94. The molecule has 28 heavy (non-hydrogen) atoms. The molecule has 1 saturated heterocycles. The Kier molecular flexibility index (Phi) is 6.76. The Morgan fingerprint density at radius 1 is 1.18 bits per heavy atom. The van der Waals surface area contributed by atoms with Gasteiger partial charge in [0.2, 0.25) is 0 Å². The van der Waals surface area contributed by atoms with Gasteiger partial charge in [0.25, 0.3) is 6.47 Å². The molecule has 3 rings (SSSR count). The van der Waals surface area contributed by atoms with Crippen molar-refractivity contribution in [1.29, 1.82) is 0 Å². The number of halogens is 1. The number of benzene rings is 2. The van der Waals surface area contributed by atoms with Crippen molar-refractivity contribution < 1.29 is 23.5 Å². The van der Waals surface area contributed by atoms with Crippen molar-refractivity contribution in [3.63, 3.8) is 0 Å². The maximum absolute atomic E-state index is 13.5. The third-order valence-corrected chi connectivity index (χ3v) is 5.26. The average molecular weight is 385 g/mol. The molecular weight excluding hydrogens is 361 g/mol. The van der Waals surface area contributed by atoms with Crippen molar-refractivity contribution >= 4 is 12.3 Å². The topological polar surface area (TPSA) is 64.6 Å². The van der Waals surface area contributed by atoms with Gasteiger partial charge in [-0.05, 0) is 48.4 Å². The van der Waals surface area contributed by atoms with Crippen LogP contribution in [-0.4, -0.2) is 38.6 Å². The first-order chi connectivity index (χ1) is 13.6. The van der Waals surface area contributed by atoms with Gasteiger partial charge in [-0.1, -0.05) is 24.3 Å². The van der Waals surface area contributed by atoms with Crippen LogP contribution in [0.5, 0.6) is 5.75 Å². The standard InChI is InChI=1S/C22H24FNO4/c1-27-18-8-2-15(3-9-18)12-21(28-14-25)22(16-4-6-17(23)7-5-16)19-10-11-24-13-20(19)26/h2-9,14,19,21-22,24H,10-13H2,1H3. The van der Waals surface area contributed by atoms with Gasteiger partial charge in [-0.15, -0.1) is 0 Å². The molecule has 1 heterocycles. The maximum Gasteiger partial charge on any atom is 0.293 e. The number of piperidine rings is 1. The first-order valence-electron chi connectivity index (χ1n) is 9.33. The van der Waals surface area contributed by atoms with E-state index in [1.165, 1.54) is 12.1 Å². The van der Waals surface area contributed by atoms with Gasteiger partial charge in [-0.3, -0.25) is 9.59 Å². The monoisotopic (exact) mass is 385 g/mol. The van der Waals surface area contributed by atoms with Crippen molar-refractivity contribution in [3.05, 3.63) is 65.5 Å². The van der Waals surface area contributed by atoms with Crippen LogP contribution in [0.1, 0.15) is 23.5 Å². The molecule has 148 valence electrons. The number of nitrogens with one attached hydrogen (secondary N) is 1. The molecule has 0 bridgehead atoms. The van der Waals surface area contributed by atoms with Gasteiger partial charge in [0.05, 0.1) is 13.7 Å². The molecule has 6 heteroatoms. The summed E-state index contributed by atoms with van der Waals surface area (Å²) in [5.41, 5.74) is 1.75. The lowest BCUT2D eigenvalue weighted by Gasteiger charge is -2.34. The summed E-state index contributed by atoms with van der Waals surface area (Å²) in [6.07, 6.45) is 0.549. The van der Waals surface area contributed by atoms with E-state index >= 15 is 0 Å². The Morgan fingerprint density at radius 2 is 1.89 bits per heavy atom. The van der Waals surface area contributed by atoms with Crippen molar-refractivity contribution in [2.45, 2.75) is 24.9 Å². The predicted octanol–water partition coefficient (Wildman–Crippen LogP) is 2.88. The van der Waals surface area contributed by atoms with E-state index < -0.39 is 6.10 Å². The van der Waals surface area contributed by atoms with E-state index in [4.69, 9.17) is 9.47 Å². The predicted molar refractivity (Wildman–Crippen MR) is 103 cm³/mol. The van der Waals surface area contributed by atoms with E-state index in [1.54, 1.807) is 19.2 Å². The van der Waals surface area contributed by atoms with Crippen LogP contribution in [0.15, 0.2) is 48.5 Å². The molecule has 2 aromatic rings. The highest BCUT2D eigenvalue weighted by Gasteiger charge is 2.37. The molecular formula is C22H24FNO4. The number of rotatable bonds is 8. The van der Waals surface area contributed by atoms with E-state index in [0.29, 0.717) is 32.4 Å². The number of carbonyl (C=O) groups is 2. The number of methoxy groups -OCH3 is 1. The molecule has 0 saturated carbocycles. The van der Waals surface area contributed by atoms with Crippen LogP contribution in [0, 0.1) is 11.7 Å². The molecule has 1 fully saturated rings. The van der Waals surface area contributed by atoms with Crippen molar-refractivity contribution in [2.75, 3.05) is 20.2 Å². The van der Waals surface area contributed by atoms with Crippen LogP contribution in [0.4, 0.5) is 4.39 Å². The molecule has 0 spiro atoms. The third-order valence-electron chi connectivity index (χ3n) is 5.26. The number of hydrogen-bond acceptors (Lipinski definition) is 5. The zero-order valence-corrected chi connectivity index (χ0v) is 15.8. The molecule has 2 aromatic carbocycles. The molecule has 0 radical (unpaired) electrons. The van der Waals surface area contributed by atoms with Crippen LogP contribution in [0.3, 0.4) is 0 Å². The quantitative estimate of drug-likeness (QED) is 0.708. The van der Waals surface area contributed by atoms with Gasteiger partial charge in [-0.25, -0.2) is 4.39 Å². The second-order valence-corrected chi connectivity index (χ2v) is 6.94. The molecule has 0 amide bonds. The smallest absolute Gasteiger partial charge is 0.293 e. The fourth-order valence-electron chi connectivity index (χ4n) is 3.86. The van der Waals surface area contributed by atoms with Crippen molar-refractivity contribution in [3.8, 4) is 5.75 Å². The van der Waals surface area contributed by atoms with Gasteiger partial charge < -0.3 is 14.8 Å². The summed E-state index contributed by atoms with van der Waals surface area (Å²) < 4.78 is 24.1. The number of carbonyl (C=O) groups excluding carboxylic acids is 2. The lowest BCUT2D eigenvalue weighted by atomic mass is 9.75. The van der Waals surface area contributed by atoms with Crippen LogP contribution >= 0.6 is 0 Å². The second kappa shape index (κ2) is 9.46. The molecule has 1 aliphatic rings. The summed E-state index contributed by atoms with van der Waals surface area (Å²) in [6.45, 7) is 1.43. The zero-order chi connectivity index (χ0) is 19.9. The SMILES string of the molecule is COc1ccc(CC(OC=O)C(c2ccc(F)cc2)C2CCNCC2=O)cc1. The molecule has 0 aliphatic carbocycles. The fraction of sp³-hybridized carbons (Fsp3) is 0.364. The minimum Gasteiger partial charge on any atom is -0.497 e. The summed E-state index contributed by atoms with van der Waals surface area (Å²) in [5.74, 6) is -0.172. The lowest BCUT2D eigenvalue weighted by Crippen LogP contribution is -2.43. The van der Waals surface area contributed by atoms with E-state index in [0.717, 1.165) is 16.9 Å². The summed E-state index contributed by atoms with van der Waals surface area (Å²) in [7, 11) is 1.60. The van der Waals surface area contributed by atoms with E-state index in [9.17, 15) is 14.0 Å². The molecule has 0 aromatic heterocycles. The Bertz CT molecular complexity index is 791. The first-order valence-corrected chi connectivity index (χ1v) is 9.33. The molecule has 1 N–H and O–H groups in total. The zero-order valence-electron chi connectivity index (χ0n) is 15.8. The third kappa shape index (κ3) is 4.75. The fourth-order valence-corrected chi connectivity index (χ4v) is 3.86. The molecule has 3 unspecified atom stereocenters. The molecule has 3 atom stereocenters. The summed E-state index contributed by atoms with van der Waals surface area (Å²) >= 11 is 0. The number of hydrogen-bond donors (Lipinski definition) is 1. The highest BCUT2D eigenvalue weighted by Crippen LogP contribution is 2.35. The summed E-state index contributed by atoms with van der Waals surface area (Å²) in [5, 5.41) is 3.08. The Morgan fingerprint density at radius 3 is 2.50 bits per heavy atom. The van der Waals surface area contributed by atoms with Crippen molar-refractivity contribution in [2.24, 2.45) is 5.92 Å². The Balaban J connectivity index is 1.94. The minimum absolute atomic E-state index is 0.0785. The van der Waals surface area contributed by atoms with E-state index in [-0.39, 0.29) is 23.4 Å². The van der Waals surface area contributed by atoms with E-state index in [2.05, 4.69) is 5.32 Å².